The first kappa shape index (κ1) is 22.0. The Morgan fingerprint density at radius 2 is 1.73 bits per heavy atom. The first-order chi connectivity index (χ1) is 16.1. The van der Waals surface area contributed by atoms with Crippen LogP contribution in [0.15, 0.2) is 43.0 Å². The van der Waals surface area contributed by atoms with Crippen molar-refractivity contribution in [3.8, 4) is 22.6 Å². The highest BCUT2D eigenvalue weighted by Crippen LogP contribution is 2.52. The molecule has 0 aliphatic carbocycles. The molecule has 3 heterocycles. The molecule has 172 valence electrons. The Bertz CT molecular complexity index is 1210. The minimum atomic E-state index is 0.475. The summed E-state index contributed by atoms with van der Waals surface area (Å²) >= 11 is 6.83. The molecular formula is C26H28ClN3O3. The summed E-state index contributed by atoms with van der Waals surface area (Å²) in [7, 11) is 3.28. The van der Waals surface area contributed by atoms with Crippen LogP contribution in [-0.4, -0.2) is 63.5 Å². The second kappa shape index (κ2) is 9.21. The van der Waals surface area contributed by atoms with Crippen LogP contribution in [0.1, 0.15) is 12.0 Å². The molecule has 0 amide bonds. The third-order valence-electron chi connectivity index (χ3n) is 6.48. The van der Waals surface area contributed by atoms with Crippen molar-refractivity contribution in [1.82, 2.24) is 9.88 Å². The highest BCUT2D eigenvalue weighted by atomic mass is 35.5. The smallest absolute Gasteiger partial charge is 0.161 e. The van der Waals surface area contributed by atoms with Crippen molar-refractivity contribution in [3.63, 3.8) is 0 Å². The Balaban J connectivity index is 1.62. The van der Waals surface area contributed by atoms with Crippen molar-refractivity contribution < 1.29 is 14.2 Å². The summed E-state index contributed by atoms with van der Waals surface area (Å²) in [5, 5.41) is 1.53. The maximum absolute atomic E-state index is 6.83. The van der Waals surface area contributed by atoms with Crippen LogP contribution in [-0.2, 0) is 4.74 Å². The van der Waals surface area contributed by atoms with Crippen LogP contribution in [0.3, 0.4) is 0 Å². The second-order valence-electron chi connectivity index (χ2n) is 8.30. The molecule has 33 heavy (non-hydrogen) atoms. The van der Waals surface area contributed by atoms with Crippen molar-refractivity contribution in [3.05, 3.63) is 53.7 Å². The number of nitrogens with zero attached hydrogens (tertiary/aromatic N) is 3. The topological polar surface area (TPSA) is 47.1 Å². The summed E-state index contributed by atoms with van der Waals surface area (Å²) in [6.07, 6.45) is 0.995. The van der Waals surface area contributed by atoms with Gasteiger partial charge in [-0.3, -0.25) is 4.90 Å². The summed E-state index contributed by atoms with van der Waals surface area (Å²) in [4.78, 5) is 9.46. The Labute approximate surface area is 199 Å². The van der Waals surface area contributed by atoms with Crippen molar-refractivity contribution >= 4 is 33.9 Å². The lowest BCUT2D eigenvalue weighted by Crippen LogP contribution is -2.38. The van der Waals surface area contributed by atoms with Gasteiger partial charge in [-0.25, -0.2) is 4.98 Å². The lowest BCUT2D eigenvalue weighted by atomic mass is 9.90. The summed E-state index contributed by atoms with van der Waals surface area (Å²) in [5.74, 6) is 1.32. The second-order valence-corrected chi connectivity index (χ2v) is 8.66. The summed E-state index contributed by atoms with van der Waals surface area (Å²) in [6.45, 7) is 9.91. The number of halogens is 1. The molecule has 1 saturated heterocycles. The maximum atomic E-state index is 6.83. The van der Waals surface area contributed by atoms with Crippen LogP contribution in [0.2, 0.25) is 5.15 Å². The van der Waals surface area contributed by atoms with Crippen LogP contribution in [0.4, 0.5) is 5.69 Å². The number of aromatic nitrogens is 1. The molecule has 2 aliphatic heterocycles. The van der Waals surface area contributed by atoms with E-state index in [1.807, 2.05) is 30.3 Å². The predicted molar refractivity (Wildman–Crippen MR) is 134 cm³/mol. The van der Waals surface area contributed by atoms with E-state index in [9.17, 15) is 0 Å². The van der Waals surface area contributed by atoms with Gasteiger partial charge in [0.25, 0.3) is 0 Å². The average molecular weight is 466 g/mol. The van der Waals surface area contributed by atoms with E-state index >= 15 is 0 Å². The number of anilines is 1. The van der Waals surface area contributed by atoms with Gasteiger partial charge in [0.1, 0.15) is 5.15 Å². The normalized spacial score (nSPS) is 16.0. The van der Waals surface area contributed by atoms with Gasteiger partial charge in [-0.15, -0.1) is 0 Å². The van der Waals surface area contributed by atoms with Gasteiger partial charge < -0.3 is 19.1 Å². The third kappa shape index (κ3) is 3.92. The Morgan fingerprint density at radius 1 is 1.03 bits per heavy atom. The molecule has 5 rings (SSSR count). The van der Waals surface area contributed by atoms with E-state index in [-0.39, 0.29) is 0 Å². The maximum Gasteiger partial charge on any atom is 0.161 e. The largest absolute Gasteiger partial charge is 0.493 e. The van der Waals surface area contributed by atoms with E-state index in [4.69, 9.17) is 30.8 Å². The number of hydrogen-bond donors (Lipinski definition) is 0. The molecule has 6 nitrogen and oxygen atoms in total. The fourth-order valence-electron chi connectivity index (χ4n) is 4.81. The summed E-state index contributed by atoms with van der Waals surface area (Å²) in [6, 6.07) is 12.1. The highest BCUT2D eigenvalue weighted by Gasteiger charge is 2.31. The Morgan fingerprint density at radius 3 is 2.45 bits per heavy atom. The van der Waals surface area contributed by atoms with E-state index in [2.05, 4.69) is 22.4 Å². The van der Waals surface area contributed by atoms with E-state index < -0.39 is 0 Å². The Kier molecular flexibility index (Phi) is 6.15. The summed E-state index contributed by atoms with van der Waals surface area (Å²) < 4.78 is 16.7. The molecule has 0 radical (unpaired) electrons. The molecule has 2 aliphatic rings. The molecule has 0 N–H and O–H groups in total. The van der Waals surface area contributed by atoms with Gasteiger partial charge in [-0.1, -0.05) is 36.4 Å². The Hall–Kier alpha value is -2.80. The monoisotopic (exact) mass is 465 g/mol. The number of methoxy groups -OCH3 is 2. The molecule has 0 saturated carbocycles. The van der Waals surface area contributed by atoms with E-state index in [1.54, 1.807) is 14.2 Å². The van der Waals surface area contributed by atoms with Gasteiger partial charge in [0.2, 0.25) is 0 Å². The number of para-hydroxylation sites is 1. The van der Waals surface area contributed by atoms with E-state index in [0.29, 0.717) is 16.7 Å². The number of pyridine rings is 1. The molecule has 0 bridgehead atoms. The molecule has 3 aromatic rings. The van der Waals surface area contributed by atoms with Crippen molar-refractivity contribution in [2.45, 2.75) is 6.42 Å². The number of rotatable bonds is 6. The molecule has 0 unspecified atom stereocenters. The fourth-order valence-corrected chi connectivity index (χ4v) is 5.10. The van der Waals surface area contributed by atoms with Crippen LogP contribution in [0.25, 0.3) is 27.7 Å². The molecule has 7 heteroatoms. The van der Waals surface area contributed by atoms with Gasteiger partial charge in [0, 0.05) is 54.0 Å². The van der Waals surface area contributed by atoms with Gasteiger partial charge in [0.15, 0.2) is 11.5 Å². The SMILES string of the molecule is C=C1c2cc(OC)c(OC)cc2-c2c(Cl)nc3ccccc3c2N1CCCN1CCOCC1. The zero-order chi connectivity index (χ0) is 22.9. The van der Waals surface area contributed by atoms with E-state index in [1.165, 1.54) is 0 Å². The standard InChI is InChI=1S/C26H28ClN3O3/c1-17-19-15-22(31-2)23(32-3)16-20(19)24-25(18-7-4-5-8-21(18)28-26(24)27)30(17)10-6-9-29-11-13-33-14-12-29/h4-5,7-8,15-16H,1,6,9-14H2,2-3H3. The molecule has 1 aromatic heterocycles. The average Bonchev–Trinajstić information content (AvgIpc) is 2.85. The number of morpholine rings is 1. The first-order valence-corrected chi connectivity index (χ1v) is 11.6. The van der Waals surface area contributed by atoms with Gasteiger partial charge >= 0.3 is 0 Å². The van der Waals surface area contributed by atoms with Crippen LogP contribution in [0.5, 0.6) is 11.5 Å². The van der Waals surface area contributed by atoms with Crippen LogP contribution >= 0.6 is 11.6 Å². The summed E-state index contributed by atoms with van der Waals surface area (Å²) in [5.41, 5.74) is 5.69. The fraction of sp³-hybridized carbons (Fsp3) is 0.346. The molecular weight excluding hydrogens is 438 g/mol. The highest BCUT2D eigenvalue weighted by molar-refractivity contribution is 6.34. The number of benzene rings is 2. The number of ether oxygens (including phenoxy) is 3. The third-order valence-corrected chi connectivity index (χ3v) is 6.75. The quantitative estimate of drug-likeness (QED) is 0.473. The zero-order valence-electron chi connectivity index (χ0n) is 19.1. The molecule has 1 fully saturated rings. The molecule has 2 aromatic carbocycles. The lowest BCUT2D eigenvalue weighted by Gasteiger charge is -2.37. The van der Waals surface area contributed by atoms with E-state index in [0.717, 1.165) is 84.8 Å². The molecule has 0 atom stereocenters. The van der Waals surface area contributed by atoms with Crippen molar-refractivity contribution in [2.75, 3.05) is 58.5 Å². The minimum absolute atomic E-state index is 0.475. The van der Waals surface area contributed by atoms with Crippen LogP contribution < -0.4 is 14.4 Å². The van der Waals surface area contributed by atoms with Gasteiger partial charge in [0.05, 0.1) is 38.6 Å². The molecule has 0 spiro atoms. The van der Waals surface area contributed by atoms with Crippen molar-refractivity contribution in [2.24, 2.45) is 0 Å². The predicted octanol–water partition coefficient (Wildman–Crippen LogP) is 5.09. The van der Waals surface area contributed by atoms with Gasteiger partial charge in [-0.05, 0) is 24.6 Å². The lowest BCUT2D eigenvalue weighted by molar-refractivity contribution is 0.0377. The van der Waals surface area contributed by atoms with Crippen molar-refractivity contribution in [1.29, 1.82) is 0 Å². The number of hydrogen-bond acceptors (Lipinski definition) is 6. The minimum Gasteiger partial charge on any atom is -0.493 e. The number of fused-ring (bicyclic) bond motifs is 5. The first-order valence-electron chi connectivity index (χ1n) is 11.2. The van der Waals surface area contributed by atoms with Gasteiger partial charge in [-0.2, -0.15) is 0 Å². The zero-order valence-corrected chi connectivity index (χ0v) is 19.8. The van der Waals surface area contributed by atoms with Crippen LogP contribution in [0, 0.1) is 0 Å².